The fourth-order valence-corrected chi connectivity index (χ4v) is 2.67. The number of anilines is 1. The first-order valence-corrected chi connectivity index (χ1v) is 8.59. The number of fused-ring (bicyclic) bond motifs is 1. The molecule has 0 radical (unpaired) electrons. The molecule has 2 heterocycles. The van der Waals surface area contributed by atoms with Gasteiger partial charge in [0.15, 0.2) is 16.6 Å². The van der Waals surface area contributed by atoms with Gasteiger partial charge in [-0.15, -0.1) is 10.2 Å². The normalized spacial score (nSPS) is 10.7. The summed E-state index contributed by atoms with van der Waals surface area (Å²) < 4.78 is 1.94. The Hall–Kier alpha value is -2.47. The Kier molecular flexibility index (Phi) is 5.38. The standard InChI is InChI=1S/C18H21N5S/c1-2-3-6-14-8-10-15(11-9-14)20-18(24)19-13-17-22-21-16-7-4-5-12-23(16)17/h4-5,7-12H,2-3,6,13H2,1H3,(H2,19,20,24). The maximum absolute atomic E-state index is 5.36. The Balaban J connectivity index is 1.54. The molecule has 3 rings (SSSR count). The number of nitrogens with one attached hydrogen (secondary N) is 2. The summed E-state index contributed by atoms with van der Waals surface area (Å²) in [4.78, 5) is 0. The number of unbranched alkanes of at least 4 members (excludes halogenated alkanes) is 1. The molecule has 5 nitrogen and oxygen atoms in total. The summed E-state index contributed by atoms with van der Waals surface area (Å²) in [7, 11) is 0. The first-order chi connectivity index (χ1) is 11.8. The van der Waals surface area contributed by atoms with Crippen LogP contribution in [0.1, 0.15) is 31.2 Å². The van der Waals surface area contributed by atoms with E-state index in [-0.39, 0.29) is 0 Å². The Labute approximate surface area is 147 Å². The molecule has 0 aliphatic heterocycles. The largest absolute Gasteiger partial charge is 0.355 e. The number of benzene rings is 1. The van der Waals surface area contributed by atoms with E-state index in [0.29, 0.717) is 11.7 Å². The van der Waals surface area contributed by atoms with Gasteiger partial charge in [-0.2, -0.15) is 0 Å². The van der Waals surface area contributed by atoms with Gasteiger partial charge < -0.3 is 10.6 Å². The first kappa shape index (κ1) is 16.4. The van der Waals surface area contributed by atoms with E-state index >= 15 is 0 Å². The molecule has 0 atom stereocenters. The number of pyridine rings is 1. The monoisotopic (exact) mass is 339 g/mol. The molecule has 0 unspecified atom stereocenters. The highest BCUT2D eigenvalue weighted by Crippen LogP contribution is 2.12. The molecule has 0 spiro atoms. The van der Waals surface area contributed by atoms with E-state index < -0.39 is 0 Å². The number of aromatic nitrogens is 3. The van der Waals surface area contributed by atoms with Gasteiger partial charge in [0.25, 0.3) is 0 Å². The van der Waals surface area contributed by atoms with Crippen LogP contribution in [-0.2, 0) is 13.0 Å². The minimum Gasteiger partial charge on any atom is -0.355 e. The maximum Gasteiger partial charge on any atom is 0.171 e. The van der Waals surface area contributed by atoms with Crippen LogP contribution in [0.2, 0.25) is 0 Å². The molecule has 0 saturated heterocycles. The van der Waals surface area contributed by atoms with Crippen LogP contribution in [0, 0.1) is 0 Å². The van der Waals surface area contributed by atoms with Crippen molar-refractivity contribution in [3.8, 4) is 0 Å². The Morgan fingerprint density at radius 2 is 1.96 bits per heavy atom. The van der Waals surface area contributed by atoms with Gasteiger partial charge in [0.1, 0.15) is 0 Å². The molecule has 6 heteroatoms. The van der Waals surface area contributed by atoms with Crippen LogP contribution in [0.4, 0.5) is 5.69 Å². The van der Waals surface area contributed by atoms with Crippen molar-refractivity contribution in [2.45, 2.75) is 32.7 Å². The number of thiocarbonyl (C=S) groups is 1. The highest BCUT2D eigenvalue weighted by atomic mass is 32.1. The Morgan fingerprint density at radius 3 is 2.75 bits per heavy atom. The van der Waals surface area contributed by atoms with Gasteiger partial charge >= 0.3 is 0 Å². The first-order valence-electron chi connectivity index (χ1n) is 8.18. The highest BCUT2D eigenvalue weighted by Gasteiger charge is 2.05. The predicted molar refractivity (Wildman–Crippen MR) is 101 cm³/mol. The fourth-order valence-electron chi connectivity index (χ4n) is 2.48. The molecule has 0 amide bonds. The van der Waals surface area contributed by atoms with Crippen LogP contribution in [0.5, 0.6) is 0 Å². The second-order valence-electron chi connectivity index (χ2n) is 5.65. The van der Waals surface area contributed by atoms with Crippen LogP contribution in [0.25, 0.3) is 5.65 Å². The van der Waals surface area contributed by atoms with Gasteiger partial charge in [0.2, 0.25) is 0 Å². The molecule has 0 aliphatic rings. The number of hydrogen-bond acceptors (Lipinski definition) is 3. The number of aryl methyl sites for hydroxylation is 1. The zero-order chi connectivity index (χ0) is 16.8. The third kappa shape index (κ3) is 4.08. The summed E-state index contributed by atoms with van der Waals surface area (Å²) in [5, 5.41) is 15.2. The number of nitrogens with zero attached hydrogens (tertiary/aromatic N) is 3. The summed E-state index contributed by atoms with van der Waals surface area (Å²) in [5.74, 6) is 0.824. The molecule has 124 valence electrons. The summed E-state index contributed by atoms with van der Waals surface area (Å²) in [5.41, 5.74) is 3.17. The van der Waals surface area contributed by atoms with Gasteiger partial charge in [-0.25, -0.2) is 0 Å². The summed E-state index contributed by atoms with van der Waals surface area (Å²) in [6.45, 7) is 2.73. The molecule has 0 aliphatic carbocycles. The third-order valence-corrected chi connectivity index (χ3v) is 4.07. The highest BCUT2D eigenvalue weighted by molar-refractivity contribution is 7.80. The molecule has 3 aromatic rings. The van der Waals surface area contributed by atoms with Crippen molar-refractivity contribution in [3.05, 3.63) is 60.0 Å². The van der Waals surface area contributed by atoms with E-state index in [1.165, 1.54) is 18.4 Å². The molecule has 2 N–H and O–H groups in total. The predicted octanol–water partition coefficient (Wildman–Crippen LogP) is 3.56. The summed E-state index contributed by atoms with van der Waals surface area (Å²) in [6, 6.07) is 14.2. The van der Waals surface area contributed by atoms with Gasteiger partial charge in [0, 0.05) is 11.9 Å². The lowest BCUT2D eigenvalue weighted by molar-refractivity contribution is 0.795. The van der Waals surface area contributed by atoms with E-state index in [1.807, 2.05) is 28.8 Å². The molecule has 24 heavy (non-hydrogen) atoms. The minimum atomic E-state index is 0.519. The average Bonchev–Trinajstić information content (AvgIpc) is 3.03. The van der Waals surface area contributed by atoms with E-state index in [1.54, 1.807) is 0 Å². The topological polar surface area (TPSA) is 54.2 Å². The van der Waals surface area contributed by atoms with Crippen molar-refractivity contribution in [2.75, 3.05) is 5.32 Å². The second-order valence-corrected chi connectivity index (χ2v) is 6.06. The summed E-state index contributed by atoms with van der Waals surface area (Å²) in [6.07, 6.45) is 5.50. The molecular weight excluding hydrogens is 318 g/mol. The van der Waals surface area contributed by atoms with Gasteiger partial charge in [-0.1, -0.05) is 31.5 Å². The third-order valence-electron chi connectivity index (χ3n) is 3.82. The molecule has 0 saturated carbocycles. The molecule has 2 aromatic heterocycles. The SMILES string of the molecule is CCCCc1ccc(NC(=S)NCc2nnc3ccccn23)cc1. The van der Waals surface area contributed by atoms with E-state index in [9.17, 15) is 0 Å². The maximum atomic E-state index is 5.36. The lowest BCUT2D eigenvalue weighted by Gasteiger charge is -2.10. The zero-order valence-electron chi connectivity index (χ0n) is 13.7. The van der Waals surface area contributed by atoms with E-state index in [4.69, 9.17) is 12.2 Å². The van der Waals surface area contributed by atoms with Crippen molar-refractivity contribution in [3.63, 3.8) is 0 Å². The zero-order valence-corrected chi connectivity index (χ0v) is 14.5. The smallest absolute Gasteiger partial charge is 0.171 e. The van der Waals surface area contributed by atoms with Crippen LogP contribution < -0.4 is 10.6 Å². The van der Waals surface area contributed by atoms with Crippen molar-refractivity contribution in [1.82, 2.24) is 19.9 Å². The number of rotatable bonds is 6. The van der Waals surface area contributed by atoms with Gasteiger partial charge in [0.05, 0.1) is 6.54 Å². The van der Waals surface area contributed by atoms with Crippen LogP contribution in [-0.4, -0.2) is 19.7 Å². The Morgan fingerprint density at radius 1 is 1.12 bits per heavy atom. The van der Waals surface area contributed by atoms with Crippen molar-refractivity contribution in [2.24, 2.45) is 0 Å². The molecule has 0 bridgehead atoms. The Bertz CT molecular complexity index is 810. The van der Waals surface area contributed by atoms with Crippen LogP contribution in [0.3, 0.4) is 0 Å². The second kappa shape index (κ2) is 7.88. The molecular formula is C18H21N5S. The van der Waals surface area contributed by atoms with Crippen LogP contribution >= 0.6 is 12.2 Å². The van der Waals surface area contributed by atoms with E-state index in [0.717, 1.165) is 23.6 Å². The van der Waals surface area contributed by atoms with Crippen LogP contribution in [0.15, 0.2) is 48.7 Å². The lowest BCUT2D eigenvalue weighted by Crippen LogP contribution is -2.28. The minimum absolute atomic E-state index is 0.519. The lowest BCUT2D eigenvalue weighted by atomic mass is 10.1. The summed E-state index contributed by atoms with van der Waals surface area (Å²) >= 11 is 5.36. The van der Waals surface area contributed by atoms with Crippen molar-refractivity contribution >= 4 is 28.7 Å². The van der Waals surface area contributed by atoms with Crippen molar-refractivity contribution < 1.29 is 0 Å². The molecule has 1 aromatic carbocycles. The van der Waals surface area contributed by atoms with Gasteiger partial charge in [-0.3, -0.25) is 4.40 Å². The van der Waals surface area contributed by atoms with Crippen molar-refractivity contribution in [1.29, 1.82) is 0 Å². The quantitative estimate of drug-likeness (QED) is 0.673. The van der Waals surface area contributed by atoms with E-state index in [2.05, 4.69) is 52.0 Å². The van der Waals surface area contributed by atoms with Gasteiger partial charge in [-0.05, 0) is 54.9 Å². The molecule has 0 fully saturated rings. The number of hydrogen-bond donors (Lipinski definition) is 2. The average molecular weight is 339 g/mol. The fraction of sp³-hybridized carbons (Fsp3) is 0.278.